The summed E-state index contributed by atoms with van der Waals surface area (Å²) in [6.45, 7) is 5.22. The van der Waals surface area contributed by atoms with Crippen LogP contribution in [0, 0.1) is 0 Å². The van der Waals surface area contributed by atoms with Gasteiger partial charge in [-0.25, -0.2) is 0 Å². The summed E-state index contributed by atoms with van der Waals surface area (Å²) >= 11 is 5.54. The molecule has 0 aromatic rings. The molecule has 1 N–H and O–H groups in total. The van der Waals surface area contributed by atoms with Crippen LogP contribution in [0.2, 0.25) is 0 Å². The molecule has 1 aliphatic rings. The van der Waals surface area contributed by atoms with Crippen LogP contribution in [0.25, 0.3) is 0 Å². The Morgan fingerprint density at radius 1 is 1.31 bits per heavy atom. The minimum atomic E-state index is 0.137. The van der Waals surface area contributed by atoms with Gasteiger partial charge in [0.05, 0.1) is 13.2 Å². The van der Waals surface area contributed by atoms with E-state index in [2.05, 4.69) is 10.2 Å². The number of carbonyl (C=O) groups excluding carboxylic acids is 1. The Bertz CT molecular complexity index is 196. The van der Waals surface area contributed by atoms with Crippen LogP contribution in [0.3, 0.4) is 0 Å². The average molecular weight is 249 g/mol. The summed E-state index contributed by atoms with van der Waals surface area (Å²) in [6.07, 6.45) is 2.39. The first-order chi connectivity index (χ1) is 7.83. The van der Waals surface area contributed by atoms with Crippen molar-refractivity contribution in [3.63, 3.8) is 0 Å². The van der Waals surface area contributed by atoms with E-state index in [9.17, 15) is 4.79 Å². The summed E-state index contributed by atoms with van der Waals surface area (Å²) in [5.41, 5.74) is 0. The van der Waals surface area contributed by atoms with Crippen LogP contribution < -0.4 is 5.32 Å². The zero-order valence-electron chi connectivity index (χ0n) is 9.71. The van der Waals surface area contributed by atoms with E-state index in [0.29, 0.717) is 12.3 Å². The molecule has 5 heteroatoms. The second-order valence-corrected chi connectivity index (χ2v) is 4.33. The van der Waals surface area contributed by atoms with E-state index in [1.54, 1.807) is 0 Å². The summed E-state index contributed by atoms with van der Waals surface area (Å²) in [4.78, 5) is 13.7. The van der Waals surface area contributed by atoms with E-state index in [1.165, 1.54) is 0 Å². The fourth-order valence-corrected chi connectivity index (χ4v) is 1.84. The van der Waals surface area contributed by atoms with E-state index in [4.69, 9.17) is 16.3 Å². The van der Waals surface area contributed by atoms with Gasteiger partial charge in [0.15, 0.2) is 0 Å². The molecule has 1 heterocycles. The van der Waals surface area contributed by atoms with Gasteiger partial charge in [0, 0.05) is 38.5 Å². The minimum absolute atomic E-state index is 0.137. The second-order valence-electron chi connectivity index (χ2n) is 3.95. The molecule has 0 aromatic heterocycles. The highest BCUT2D eigenvalue weighted by atomic mass is 35.5. The molecule has 16 heavy (non-hydrogen) atoms. The third-order valence-corrected chi connectivity index (χ3v) is 2.91. The van der Waals surface area contributed by atoms with Crippen LogP contribution in [0.4, 0.5) is 0 Å². The SMILES string of the molecule is O=C(CCCCCl)NCCN1CCOCC1. The summed E-state index contributed by atoms with van der Waals surface area (Å²) < 4.78 is 5.25. The lowest BCUT2D eigenvalue weighted by Crippen LogP contribution is -2.41. The van der Waals surface area contributed by atoms with Gasteiger partial charge >= 0.3 is 0 Å². The Hall–Kier alpha value is -0.320. The lowest BCUT2D eigenvalue weighted by Gasteiger charge is -2.26. The molecule has 0 saturated carbocycles. The van der Waals surface area contributed by atoms with Gasteiger partial charge in [0.2, 0.25) is 5.91 Å². The van der Waals surface area contributed by atoms with E-state index in [0.717, 1.165) is 52.2 Å². The van der Waals surface area contributed by atoms with Gasteiger partial charge in [-0.2, -0.15) is 0 Å². The quantitative estimate of drug-likeness (QED) is 0.536. The van der Waals surface area contributed by atoms with Crippen LogP contribution >= 0.6 is 11.6 Å². The molecular weight excluding hydrogens is 228 g/mol. The first-order valence-corrected chi connectivity index (χ1v) is 6.49. The Morgan fingerprint density at radius 2 is 2.06 bits per heavy atom. The predicted molar refractivity (Wildman–Crippen MR) is 64.8 cm³/mol. The number of alkyl halides is 1. The Labute approximate surface area is 102 Å². The Balaban J connectivity index is 1.94. The first kappa shape index (κ1) is 13.7. The van der Waals surface area contributed by atoms with Gasteiger partial charge in [0.1, 0.15) is 0 Å². The molecule has 1 aliphatic heterocycles. The van der Waals surface area contributed by atoms with Crippen LogP contribution in [0.15, 0.2) is 0 Å². The Kier molecular flexibility index (Phi) is 7.55. The largest absolute Gasteiger partial charge is 0.379 e. The van der Waals surface area contributed by atoms with Crippen molar-refractivity contribution in [3.8, 4) is 0 Å². The zero-order valence-corrected chi connectivity index (χ0v) is 10.5. The molecule has 0 unspecified atom stereocenters. The summed E-state index contributed by atoms with van der Waals surface area (Å²) in [7, 11) is 0. The van der Waals surface area contributed by atoms with Crippen LogP contribution in [-0.4, -0.2) is 56.1 Å². The van der Waals surface area contributed by atoms with Crippen LogP contribution in [0.5, 0.6) is 0 Å². The van der Waals surface area contributed by atoms with Gasteiger partial charge in [-0.15, -0.1) is 11.6 Å². The number of amides is 1. The molecule has 0 spiro atoms. The van der Waals surface area contributed by atoms with Gasteiger partial charge in [0.25, 0.3) is 0 Å². The van der Waals surface area contributed by atoms with Gasteiger partial charge in [-0.1, -0.05) is 0 Å². The summed E-state index contributed by atoms with van der Waals surface area (Å²) in [5.74, 6) is 0.777. The van der Waals surface area contributed by atoms with Crippen molar-refractivity contribution in [2.45, 2.75) is 19.3 Å². The van der Waals surface area contributed by atoms with Crippen molar-refractivity contribution in [2.24, 2.45) is 0 Å². The van der Waals surface area contributed by atoms with E-state index >= 15 is 0 Å². The molecule has 0 bridgehead atoms. The molecule has 0 aliphatic carbocycles. The molecule has 0 radical (unpaired) electrons. The van der Waals surface area contributed by atoms with E-state index in [-0.39, 0.29) is 5.91 Å². The average Bonchev–Trinajstić information content (AvgIpc) is 2.31. The maximum Gasteiger partial charge on any atom is 0.220 e. The Morgan fingerprint density at radius 3 is 2.75 bits per heavy atom. The van der Waals surface area contributed by atoms with Crippen molar-refractivity contribution < 1.29 is 9.53 Å². The predicted octanol–water partition coefficient (Wildman–Crippen LogP) is 0.844. The van der Waals surface area contributed by atoms with Crippen molar-refractivity contribution >= 4 is 17.5 Å². The normalized spacial score (nSPS) is 17.3. The van der Waals surface area contributed by atoms with Gasteiger partial charge in [-0.3, -0.25) is 9.69 Å². The summed E-state index contributed by atoms with van der Waals surface area (Å²) in [5, 5.41) is 2.92. The third kappa shape index (κ3) is 6.30. The van der Waals surface area contributed by atoms with Crippen LogP contribution in [-0.2, 0) is 9.53 Å². The first-order valence-electron chi connectivity index (χ1n) is 5.95. The van der Waals surface area contributed by atoms with E-state index in [1.807, 2.05) is 0 Å². The lowest BCUT2D eigenvalue weighted by molar-refractivity contribution is -0.121. The zero-order chi connectivity index (χ0) is 11.6. The van der Waals surface area contributed by atoms with Gasteiger partial charge < -0.3 is 10.1 Å². The fraction of sp³-hybridized carbons (Fsp3) is 0.909. The molecule has 1 saturated heterocycles. The van der Waals surface area contributed by atoms with Crippen LogP contribution in [0.1, 0.15) is 19.3 Å². The number of nitrogens with one attached hydrogen (secondary N) is 1. The maximum atomic E-state index is 11.4. The number of morpholine rings is 1. The molecule has 1 rings (SSSR count). The van der Waals surface area contributed by atoms with E-state index < -0.39 is 0 Å². The molecular formula is C11H21ClN2O2. The van der Waals surface area contributed by atoms with Crippen molar-refractivity contribution in [1.82, 2.24) is 10.2 Å². The fourth-order valence-electron chi connectivity index (χ4n) is 1.65. The number of nitrogens with zero attached hydrogens (tertiary/aromatic N) is 1. The van der Waals surface area contributed by atoms with Crippen molar-refractivity contribution in [3.05, 3.63) is 0 Å². The highest BCUT2D eigenvalue weighted by molar-refractivity contribution is 6.17. The highest BCUT2D eigenvalue weighted by Gasteiger charge is 2.09. The maximum absolute atomic E-state index is 11.4. The topological polar surface area (TPSA) is 41.6 Å². The van der Waals surface area contributed by atoms with Gasteiger partial charge in [-0.05, 0) is 12.8 Å². The molecule has 1 amide bonds. The monoisotopic (exact) mass is 248 g/mol. The van der Waals surface area contributed by atoms with Crippen molar-refractivity contribution in [2.75, 3.05) is 45.3 Å². The second kappa shape index (κ2) is 8.79. The molecule has 0 atom stereocenters. The number of unbranched alkanes of at least 4 members (excludes halogenated alkanes) is 1. The summed E-state index contributed by atoms with van der Waals surface area (Å²) in [6, 6.07) is 0. The molecule has 0 aromatic carbocycles. The number of carbonyl (C=O) groups is 1. The number of hydrogen-bond acceptors (Lipinski definition) is 3. The van der Waals surface area contributed by atoms with Crippen molar-refractivity contribution in [1.29, 1.82) is 0 Å². The number of hydrogen-bond donors (Lipinski definition) is 1. The standard InChI is InChI=1S/C11H21ClN2O2/c12-4-2-1-3-11(15)13-5-6-14-7-9-16-10-8-14/h1-10H2,(H,13,15). The molecule has 4 nitrogen and oxygen atoms in total. The lowest BCUT2D eigenvalue weighted by atomic mass is 10.2. The molecule has 1 fully saturated rings. The molecule has 94 valence electrons. The minimum Gasteiger partial charge on any atom is -0.379 e. The smallest absolute Gasteiger partial charge is 0.220 e. The highest BCUT2D eigenvalue weighted by Crippen LogP contribution is 1.97. The number of ether oxygens (including phenoxy) is 1. The number of rotatable bonds is 7. The third-order valence-electron chi connectivity index (χ3n) is 2.64. The number of halogens is 1.